The molecule has 0 atom stereocenters. The SMILES string of the molecule is CN(C)c1nccnc1-c1ccccc1C(=O)O. The van der Waals surface area contributed by atoms with Crippen LogP contribution in [0.4, 0.5) is 5.82 Å². The van der Waals surface area contributed by atoms with Crippen molar-refractivity contribution >= 4 is 11.8 Å². The lowest BCUT2D eigenvalue weighted by Gasteiger charge is -2.15. The minimum Gasteiger partial charge on any atom is -0.478 e. The van der Waals surface area contributed by atoms with Crippen molar-refractivity contribution < 1.29 is 9.90 Å². The maximum Gasteiger partial charge on any atom is 0.336 e. The van der Waals surface area contributed by atoms with Gasteiger partial charge in [0.25, 0.3) is 0 Å². The van der Waals surface area contributed by atoms with Crippen molar-refractivity contribution in [1.29, 1.82) is 0 Å². The number of anilines is 1. The highest BCUT2D eigenvalue weighted by atomic mass is 16.4. The fourth-order valence-corrected chi connectivity index (χ4v) is 1.72. The third-order valence-corrected chi connectivity index (χ3v) is 2.52. The second-order valence-electron chi connectivity index (χ2n) is 3.97. The van der Waals surface area contributed by atoms with Crippen molar-refractivity contribution in [2.24, 2.45) is 0 Å². The van der Waals surface area contributed by atoms with Crippen molar-refractivity contribution in [3.05, 3.63) is 42.2 Å². The van der Waals surface area contributed by atoms with E-state index < -0.39 is 5.97 Å². The minimum absolute atomic E-state index is 0.223. The predicted molar refractivity (Wildman–Crippen MR) is 68.8 cm³/mol. The second-order valence-corrected chi connectivity index (χ2v) is 3.97. The molecule has 0 aliphatic heterocycles. The summed E-state index contributed by atoms with van der Waals surface area (Å²) >= 11 is 0. The van der Waals surface area contributed by atoms with Crippen LogP contribution < -0.4 is 4.90 Å². The van der Waals surface area contributed by atoms with Crippen molar-refractivity contribution in [3.8, 4) is 11.3 Å². The third-order valence-electron chi connectivity index (χ3n) is 2.52. The average Bonchev–Trinajstić information content (AvgIpc) is 2.38. The Bertz CT molecular complexity index is 582. The van der Waals surface area contributed by atoms with Crippen molar-refractivity contribution in [3.63, 3.8) is 0 Å². The lowest BCUT2D eigenvalue weighted by atomic mass is 10.0. The summed E-state index contributed by atoms with van der Waals surface area (Å²) in [6.45, 7) is 0. The number of nitrogens with zero attached hydrogens (tertiary/aromatic N) is 3. The molecule has 1 aromatic carbocycles. The molecule has 0 saturated heterocycles. The lowest BCUT2D eigenvalue weighted by Crippen LogP contribution is -2.13. The molecule has 5 nitrogen and oxygen atoms in total. The first-order chi connectivity index (χ1) is 8.61. The van der Waals surface area contributed by atoms with Crippen LogP contribution in [0.3, 0.4) is 0 Å². The molecule has 0 fully saturated rings. The fraction of sp³-hybridized carbons (Fsp3) is 0.154. The number of aromatic carboxylic acids is 1. The van der Waals surface area contributed by atoms with Crippen LogP contribution in [-0.4, -0.2) is 35.1 Å². The van der Waals surface area contributed by atoms with Gasteiger partial charge in [0.05, 0.1) is 5.56 Å². The summed E-state index contributed by atoms with van der Waals surface area (Å²) in [7, 11) is 3.69. The van der Waals surface area contributed by atoms with Crippen molar-refractivity contribution in [2.75, 3.05) is 19.0 Å². The molecule has 1 N–H and O–H groups in total. The van der Waals surface area contributed by atoms with Crippen LogP contribution in [0.25, 0.3) is 11.3 Å². The average molecular weight is 243 g/mol. The standard InChI is InChI=1S/C13H13N3O2/c1-16(2)12-11(14-7-8-15-12)9-5-3-4-6-10(9)13(17)18/h3-8H,1-2H3,(H,17,18). The largest absolute Gasteiger partial charge is 0.478 e. The van der Waals surface area contributed by atoms with Gasteiger partial charge < -0.3 is 10.0 Å². The van der Waals surface area contributed by atoms with Crippen LogP contribution in [0, 0.1) is 0 Å². The van der Waals surface area contributed by atoms with Gasteiger partial charge in [-0.15, -0.1) is 0 Å². The summed E-state index contributed by atoms with van der Waals surface area (Å²) in [5.74, 6) is -0.327. The van der Waals surface area contributed by atoms with Gasteiger partial charge in [-0.3, -0.25) is 4.98 Å². The van der Waals surface area contributed by atoms with Crippen LogP contribution in [0.2, 0.25) is 0 Å². The number of hydrogen-bond donors (Lipinski definition) is 1. The highest BCUT2D eigenvalue weighted by molar-refractivity contribution is 5.96. The van der Waals surface area contributed by atoms with Crippen LogP contribution in [-0.2, 0) is 0 Å². The number of carboxylic acids is 1. The first-order valence-corrected chi connectivity index (χ1v) is 5.42. The Morgan fingerprint density at radius 3 is 2.50 bits per heavy atom. The predicted octanol–water partition coefficient (Wildman–Crippen LogP) is 1.91. The van der Waals surface area contributed by atoms with Crippen LogP contribution in [0.15, 0.2) is 36.7 Å². The quantitative estimate of drug-likeness (QED) is 0.891. The summed E-state index contributed by atoms with van der Waals surface area (Å²) in [5.41, 5.74) is 1.36. The van der Waals surface area contributed by atoms with Crippen LogP contribution in [0.1, 0.15) is 10.4 Å². The monoisotopic (exact) mass is 243 g/mol. The van der Waals surface area contributed by atoms with Gasteiger partial charge in [0.1, 0.15) is 5.69 Å². The van der Waals surface area contributed by atoms with E-state index in [-0.39, 0.29) is 5.56 Å². The molecule has 0 unspecified atom stereocenters. The number of carbonyl (C=O) groups is 1. The Labute approximate surface area is 105 Å². The number of aromatic nitrogens is 2. The van der Waals surface area contributed by atoms with Gasteiger partial charge in [-0.2, -0.15) is 0 Å². The number of carboxylic acid groups (broad SMARTS) is 1. The van der Waals surface area contributed by atoms with E-state index in [0.717, 1.165) is 0 Å². The fourth-order valence-electron chi connectivity index (χ4n) is 1.72. The molecule has 2 rings (SSSR count). The van der Waals surface area contributed by atoms with Crippen LogP contribution in [0.5, 0.6) is 0 Å². The van der Waals surface area contributed by atoms with E-state index in [9.17, 15) is 9.90 Å². The zero-order chi connectivity index (χ0) is 13.1. The molecule has 5 heteroatoms. The second kappa shape index (κ2) is 4.83. The van der Waals surface area contributed by atoms with Gasteiger partial charge in [0.15, 0.2) is 5.82 Å². The number of rotatable bonds is 3. The summed E-state index contributed by atoms with van der Waals surface area (Å²) in [6.07, 6.45) is 3.14. The van der Waals surface area contributed by atoms with Gasteiger partial charge in [-0.1, -0.05) is 18.2 Å². The smallest absolute Gasteiger partial charge is 0.336 e. The molecule has 0 aliphatic carbocycles. The van der Waals surface area contributed by atoms with Gasteiger partial charge >= 0.3 is 5.97 Å². The molecule has 18 heavy (non-hydrogen) atoms. The van der Waals surface area contributed by atoms with Crippen molar-refractivity contribution in [1.82, 2.24) is 9.97 Å². The van der Waals surface area contributed by atoms with Crippen molar-refractivity contribution in [2.45, 2.75) is 0 Å². The zero-order valence-electron chi connectivity index (χ0n) is 10.2. The molecule has 1 aromatic heterocycles. The topological polar surface area (TPSA) is 66.3 Å². The molecule has 0 aliphatic rings. The van der Waals surface area contributed by atoms with E-state index in [2.05, 4.69) is 9.97 Å². The van der Waals surface area contributed by atoms with E-state index in [0.29, 0.717) is 17.1 Å². The minimum atomic E-state index is -0.971. The van der Waals surface area contributed by atoms with Gasteiger partial charge in [-0.05, 0) is 6.07 Å². The van der Waals surface area contributed by atoms with E-state index >= 15 is 0 Å². The molecule has 1 heterocycles. The zero-order valence-corrected chi connectivity index (χ0v) is 10.2. The number of benzene rings is 1. The summed E-state index contributed by atoms with van der Waals surface area (Å²) < 4.78 is 0. The highest BCUT2D eigenvalue weighted by Gasteiger charge is 2.16. The molecule has 92 valence electrons. The molecule has 0 spiro atoms. The Morgan fingerprint density at radius 1 is 1.17 bits per heavy atom. The maximum absolute atomic E-state index is 11.2. The molecule has 0 radical (unpaired) electrons. The van der Waals surface area contributed by atoms with E-state index in [1.165, 1.54) is 0 Å². The van der Waals surface area contributed by atoms with E-state index in [1.54, 1.807) is 41.6 Å². The summed E-state index contributed by atoms with van der Waals surface area (Å²) in [5, 5.41) is 9.19. The molecular formula is C13H13N3O2. The summed E-state index contributed by atoms with van der Waals surface area (Å²) in [4.78, 5) is 21.5. The molecule has 0 amide bonds. The first-order valence-electron chi connectivity index (χ1n) is 5.42. The molecule has 2 aromatic rings. The molecular weight excluding hydrogens is 230 g/mol. The Balaban J connectivity index is 2.66. The van der Waals surface area contributed by atoms with Gasteiger partial charge in [-0.25, -0.2) is 9.78 Å². The lowest BCUT2D eigenvalue weighted by molar-refractivity contribution is 0.0697. The molecule has 0 saturated carbocycles. The Kier molecular flexibility index (Phi) is 3.23. The number of hydrogen-bond acceptors (Lipinski definition) is 4. The van der Waals surface area contributed by atoms with Gasteiger partial charge in [0.2, 0.25) is 0 Å². The Morgan fingerprint density at radius 2 is 1.83 bits per heavy atom. The third kappa shape index (κ3) is 2.15. The maximum atomic E-state index is 11.2. The van der Waals surface area contributed by atoms with E-state index in [1.807, 2.05) is 14.1 Å². The summed E-state index contributed by atoms with van der Waals surface area (Å²) in [6, 6.07) is 6.78. The molecule has 0 bridgehead atoms. The van der Waals surface area contributed by atoms with Gasteiger partial charge in [0, 0.05) is 32.1 Å². The normalized spacial score (nSPS) is 10.1. The van der Waals surface area contributed by atoms with E-state index in [4.69, 9.17) is 0 Å². The Hall–Kier alpha value is -2.43. The highest BCUT2D eigenvalue weighted by Crippen LogP contribution is 2.28. The first kappa shape index (κ1) is 12.0. The van der Waals surface area contributed by atoms with Crippen LogP contribution >= 0.6 is 0 Å².